The average Bonchev–Trinajstić information content (AvgIpc) is 2.76. The fourth-order valence-electron chi connectivity index (χ4n) is 3.86. The highest BCUT2D eigenvalue weighted by Gasteiger charge is 2.40. The van der Waals surface area contributed by atoms with Crippen LogP contribution in [0.5, 0.6) is 0 Å². The fourth-order valence-corrected chi connectivity index (χ4v) is 3.86. The zero-order valence-electron chi connectivity index (χ0n) is 16.2. The molecule has 11 heteroatoms. The summed E-state index contributed by atoms with van der Waals surface area (Å²) in [5.41, 5.74) is -1.72. The molecule has 2 aliphatic rings. The minimum Gasteiger partial charge on any atom is -0.481 e. The van der Waals surface area contributed by atoms with Gasteiger partial charge in [0.05, 0.1) is 17.0 Å². The number of carboxylic acid groups (broad SMARTS) is 1. The summed E-state index contributed by atoms with van der Waals surface area (Å²) < 4.78 is 67.5. The van der Waals surface area contributed by atoms with E-state index in [1.54, 1.807) is 0 Å². The number of aliphatic carboxylic acids is 1. The predicted molar refractivity (Wildman–Crippen MR) is 96.6 cm³/mol. The molecule has 1 aromatic heterocycles. The molecule has 1 aliphatic heterocycles. The number of nitrogens with zero attached hydrogens (tertiary/aromatic N) is 2. The summed E-state index contributed by atoms with van der Waals surface area (Å²) >= 11 is 0. The van der Waals surface area contributed by atoms with Gasteiger partial charge >= 0.3 is 12.1 Å². The Labute approximate surface area is 169 Å². The first-order valence-electron chi connectivity index (χ1n) is 9.62. The van der Waals surface area contributed by atoms with Crippen LogP contribution in [0.4, 0.5) is 27.8 Å². The van der Waals surface area contributed by atoms with Gasteiger partial charge in [-0.15, -0.1) is 0 Å². The molecule has 30 heavy (non-hydrogen) atoms. The van der Waals surface area contributed by atoms with Gasteiger partial charge in [0, 0.05) is 38.2 Å². The summed E-state index contributed by atoms with van der Waals surface area (Å²) in [4.78, 5) is 29.0. The van der Waals surface area contributed by atoms with E-state index in [4.69, 9.17) is 5.11 Å². The number of hydrogen-bond acceptors (Lipinski definition) is 4. The summed E-state index contributed by atoms with van der Waals surface area (Å²) in [5, 5.41) is 11.5. The van der Waals surface area contributed by atoms with E-state index >= 15 is 0 Å². The zero-order chi connectivity index (χ0) is 22.3. The van der Waals surface area contributed by atoms with Crippen molar-refractivity contribution in [3.05, 3.63) is 22.9 Å². The van der Waals surface area contributed by atoms with Gasteiger partial charge in [-0.3, -0.25) is 9.59 Å². The molecule has 0 atom stereocenters. The molecule has 6 nitrogen and oxygen atoms in total. The average molecular weight is 435 g/mol. The van der Waals surface area contributed by atoms with E-state index in [1.807, 2.05) is 0 Å². The van der Waals surface area contributed by atoms with Crippen molar-refractivity contribution < 1.29 is 36.6 Å². The molecule has 2 N–H and O–H groups in total. The third kappa shape index (κ3) is 4.65. The molecular weight excluding hydrogens is 413 g/mol. The number of carboxylic acids is 1. The largest absolute Gasteiger partial charge is 0.481 e. The number of aromatic nitrogens is 1. The summed E-state index contributed by atoms with van der Waals surface area (Å²) in [6.45, 7) is 1.14. The van der Waals surface area contributed by atoms with Crippen molar-refractivity contribution in [2.24, 2.45) is 5.92 Å². The number of pyridine rings is 1. The maximum atomic E-state index is 13.7. The maximum Gasteiger partial charge on any atom is 0.418 e. The summed E-state index contributed by atoms with van der Waals surface area (Å²) in [6.07, 6.45) is -4.48. The van der Waals surface area contributed by atoms with E-state index in [9.17, 15) is 31.5 Å². The van der Waals surface area contributed by atoms with Gasteiger partial charge in [-0.1, -0.05) is 0 Å². The molecule has 1 aromatic rings. The summed E-state index contributed by atoms with van der Waals surface area (Å²) in [7, 11) is 0. The van der Waals surface area contributed by atoms with Gasteiger partial charge in [-0.2, -0.15) is 13.2 Å². The Bertz CT molecular complexity index is 837. The smallest absolute Gasteiger partial charge is 0.418 e. The molecule has 3 rings (SSSR count). The first kappa shape index (κ1) is 22.2. The van der Waals surface area contributed by atoms with Gasteiger partial charge in [-0.05, 0) is 31.7 Å². The third-order valence-corrected chi connectivity index (χ3v) is 5.69. The Kier molecular flexibility index (Phi) is 5.92. The van der Waals surface area contributed by atoms with Crippen molar-refractivity contribution in [1.29, 1.82) is 0 Å². The maximum absolute atomic E-state index is 13.7. The van der Waals surface area contributed by atoms with Crippen LogP contribution in [-0.4, -0.2) is 47.0 Å². The van der Waals surface area contributed by atoms with Gasteiger partial charge in [0.15, 0.2) is 0 Å². The van der Waals surface area contributed by atoms with E-state index < -0.39 is 47.9 Å². The van der Waals surface area contributed by atoms with E-state index in [0.29, 0.717) is 6.20 Å². The van der Waals surface area contributed by atoms with Crippen LogP contribution in [0, 0.1) is 12.8 Å². The first-order valence-corrected chi connectivity index (χ1v) is 9.62. The molecule has 0 bridgehead atoms. The number of amides is 1. The molecule has 1 saturated carbocycles. The standard InChI is InChI=1S/C19H22F5N3O3/c1-10-13(19(22,23)24)9-25-15(27-5-2-3-18(20,21)4-6-27)14(10)16(28)26-12-7-11(8-12)17(29)30/h9,11-12H,2-8H2,1H3,(H,26,28)(H,29,30)/t11-,12-. The third-order valence-electron chi connectivity index (χ3n) is 5.69. The fraction of sp³-hybridized carbons (Fsp3) is 0.632. The molecule has 1 aliphatic carbocycles. The number of nitrogens with one attached hydrogen (secondary N) is 1. The van der Waals surface area contributed by atoms with E-state index in [1.165, 1.54) is 4.90 Å². The lowest BCUT2D eigenvalue weighted by atomic mass is 9.80. The highest BCUT2D eigenvalue weighted by atomic mass is 19.4. The summed E-state index contributed by atoms with van der Waals surface area (Å²) in [5.74, 6) is -5.36. The van der Waals surface area contributed by atoms with Crippen molar-refractivity contribution in [3.8, 4) is 0 Å². The van der Waals surface area contributed by atoms with Crippen LogP contribution in [0.3, 0.4) is 0 Å². The van der Waals surface area contributed by atoms with Crippen LogP contribution in [0.1, 0.15) is 53.6 Å². The Morgan fingerprint density at radius 3 is 2.50 bits per heavy atom. The van der Waals surface area contributed by atoms with Crippen LogP contribution in [0.2, 0.25) is 0 Å². The second-order valence-corrected chi connectivity index (χ2v) is 7.87. The topological polar surface area (TPSA) is 82.5 Å². The Hall–Kier alpha value is -2.46. The molecule has 1 saturated heterocycles. The number of alkyl halides is 5. The van der Waals surface area contributed by atoms with E-state index in [0.717, 1.165) is 6.92 Å². The molecule has 2 heterocycles. The first-order chi connectivity index (χ1) is 13.9. The molecule has 0 aromatic carbocycles. The second-order valence-electron chi connectivity index (χ2n) is 7.87. The van der Waals surface area contributed by atoms with Crippen molar-refractivity contribution >= 4 is 17.7 Å². The molecule has 2 fully saturated rings. The lowest BCUT2D eigenvalue weighted by molar-refractivity contribution is -0.145. The number of rotatable bonds is 4. The molecule has 0 unspecified atom stereocenters. The minimum absolute atomic E-state index is 0.0650. The molecule has 1 amide bonds. The van der Waals surface area contributed by atoms with Crippen molar-refractivity contribution in [3.63, 3.8) is 0 Å². The lowest BCUT2D eigenvalue weighted by Crippen LogP contribution is -2.47. The highest BCUT2D eigenvalue weighted by molar-refractivity contribution is 6.01. The van der Waals surface area contributed by atoms with E-state index in [-0.39, 0.29) is 55.7 Å². The van der Waals surface area contributed by atoms with E-state index in [2.05, 4.69) is 10.3 Å². The zero-order valence-corrected chi connectivity index (χ0v) is 16.2. The Morgan fingerprint density at radius 2 is 1.90 bits per heavy atom. The van der Waals surface area contributed by atoms with Gasteiger partial charge in [0.1, 0.15) is 5.82 Å². The molecule has 0 spiro atoms. The number of carbonyl (C=O) groups excluding carboxylic acids is 1. The second kappa shape index (κ2) is 7.99. The van der Waals surface area contributed by atoms with Gasteiger partial charge < -0.3 is 15.3 Å². The minimum atomic E-state index is -4.73. The predicted octanol–water partition coefficient (Wildman–Crippen LogP) is 3.63. The number of halogens is 5. The molecule has 166 valence electrons. The normalized spacial score (nSPS) is 24.0. The summed E-state index contributed by atoms with van der Waals surface area (Å²) in [6, 6.07) is -0.478. The van der Waals surface area contributed by atoms with Crippen LogP contribution >= 0.6 is 0 Å². The number of carbonyl (C=O) groups is 2. The van der Waals surface area contributed by atoms with Crippen molar-refractivity contribution in [1.82, 2.24) is 10.3 Å². The van der Waals surface area contributed by atoms with Crippen molar-refractivity contribution in [2.45, 2.75) is 57.2 Å². The quantitative estimate of drug-likeness (QED) is 0.706. The highest BCUT2D eigenvalue weighted by Crippen LogP contribution is 2.37. The van der Waals surface area contributed by atoms with Crippen LogP contribution < -0.4 is 10.2 Å². The van der Waals surface area contributed by atoms with Gasteiger partial charge in [0.25, 0.3) is 5.91 Å². The van der Waals surface area contributed by atoms with Gasteiger partial charge in [0.2, 0.25) is 5.92 Å². The van der Waals surface area contributed by atoms with Gasteiger partial charge in [-0.25, -0.2) is 13.8 Å². The van der Waals surface area contributed by atoms with Crippen LogP contribution in [-0.2, 0) is 11.0 Å². The van der Waals surface area contributed by atoms with Crippen LogP contribution in [0.25, 0.3) is 0 Å². The van der Waals surface area contributed by atoms with Crippen molar-refractivity contribution in [2.75, 3.05) is 18.0 Å². The molecule has 0 radical (unpaired) electrons. The Morgan fingerprint density at radius 1 is 1.23 bits per heavy atom. The lowest BCUT2D eigenvalue weighted by Gasteiger charge is -2.33. The number of anilines is 1. The monoisotopic (exact) mass is 435 g/mol. The Balaban J connectivity index is 1.92. The SMILES string of the molecule is Cc1c(C(F)(F)F)cnc(N2CCCC(F)(F)CC2)c1C(=O)N[C@H]1C[C@H](C(=O)O)C1. The molecular formula is C19H22F5N3O3. The number of hydrogen-bond donors (Lipinski definition) is 2. The van der Waals surface area contributed by atoms with Crippen LogP contribution in [0.15, 0.2) is 6.20 Å².